The molecule has 0 unspecified atom stereocenters. The smallest absolute Gasteiger partial charge is 0.240 e. The average Bonchev–Trinajstić information content (AvgIpc) is 2.90. The van der Waals surface area contributed by atoms with E-state index in [2.05, 4.69) is 5.32 Å². The van der Waals surface area contributed by atoms with Gasteiger partial charge in [-0.1, -0.05) is 25.3 Å². The first-order valence-electron chi connectivity index (χ1n) is 9.31. The lowest BCUT2D eigenvalue weighted by Crippen LogP contribution is -2.42. The van der Waals surface area contributed by atoms with Gasteiger partial charge >= 0.3 is 0 Å². The van der Waals surface area contributed by atoms with Crippen molar-refractivity contribution in [2.45, 2.75) is 45.1 Å². The number of nitrogens with one attached hydrogen (secondary N) is 1. The summed E-state index contributed by atoms with van der Waals surface area (Å²) in [5.41, 5.74) is 0.280. The average molecular weight is 374 g/mol. The van der Waals surface area contributed by atoms with Crippen LogP contribution in [0.4, 0.5) is 0 Å². The third-order valence-electron chi connectivity index (χ3n) is 5.54. The summed E-state index contributed by atoms with van der Waals surface area (Å²) >= 11 is 0. The van der Waals surface area contributed by atoms with Crippen molar-refractivity contribution in [3.05, 3.63) is 23.8 Å². The van der Waals surface area contributed by atoms with Crippen LogP contribution in [0.1, 0.15) is 44.1 Å². The molecule has 7 nitrogen and oxygen atoms in total. The summed E-state index contributed by atoms with van der Waals surface area (Å²) in [5, 5.41) is 2.77. The van der Waals surface area contributed by atoms with Gasteiger partial charge in [-0.2, -0.15) is 0 Å². The van der Waals surface area contributed by atoms with Crippen molar-refractivity contribution >= 4 is 17.7 Å². The van der Waals surface area contributed by atoms with Gasteiger partial charge in [0.2, 0.25) is 17.7 Å². The van der Waals surface area contributed by atoms with Gasteiger partial charge in [-0.25, -0.2) is 0 Å². The van der Waals surface area contributed by atoms with E-state index in [-0.39, 0.29) is 37.2 Å². The molecule has 1 spiro atoms. The molecule has 3 amide bonds. The first-order chi connectivity index (χ1) is 13.0. The molecule has 1 saturated carbocycles. The minimum atomic E-state index is -0.557. The summed E-state index contributed by atoms with van der Waals surface area (Å²) < 4.78 is 10.4. The molecule has 0 aromatic heterocycles. The van der Waals surface area contributed by atoms with Crippen LogP contribution in [0.2, 0.25) is 0 Å². The van der Waals surface area contributed by atoms with Gasteiger partial charge < -0.3 is 14.8 Å². The number of likely N-dealkylation sites (tertiary alicyclic amines) is 1. The Bertz CT molecular complexity index is 740. The summed E-state index contributed by atoms with van der Waals surface area (Å²) in [6, 6.07) is 5.37. The van der Waals surface area contributed by atoms with Crippen LogP contribution >= 0.6 is 0 Å². The molecule has 1 saturated heterocycles. The van der Waals surface area contributed by atoms with Crippen molar-refractivity contribution in [2.75, 3.05) is 20.8 Å². The Kier molecular flexibility index (Phi) is 5.68. The van der Waals surface area contributed by atoms with Crippen molar-refractivity contribution in [1.29, 1.82) is 0 Å². The molecule has 1 aromatic carbocycles. The molecular formula is C20H26N2O5. The van der Waals surface area contributed by atoms with E-state index in [4.69, 9.17) is 9.47 Å². The maximum atomic E-state index is 12.8. The van der Waals surface area contributed by atoms with Gasteiger partial charge in [0.15, 0.2) is 11.5 Å². The van der Waals surface area contributed by atoms with Crippen LogP contribution < -0.4 is 14.8 Å². The second-order valence-corrected chi connectivity index (χ2v) is 7.27. The molecular weight excluding hydrogens is 348 g/mol. The largest absolute Gasteiger partial charge is 0.493 e. The van der Waals surface area contributed by atoms with Crippen LogP contribution in [0.25, 0.3) is 0 Å². The zero-order valence-electron chi connectivity index (χ0n) is 15.9. The van der Waals surface area contributed by atoms with E-state index < -0.39 is 5.41 Å². The van der Waals surface area contributed by atoms with E-state index in [9.17, 15) is 14.4 Å². The number of carbonyl (C=O) groups is 3. The maximum Gasteiger partial charge on any atom is 0.240 e. The molecule has 27 heavy (non-hydrogen) atoms. The van der Waals surface area contributed by atoms with Gasteiger partial charge in [-0.05, 0) is 30.5 Å². The fourth-order valence-corrected chi connectivity index (χ4v) is 4.03. The molecule has 2 fully saturated rings. The number of nitrogens with zero attached hydrogens (tertiary/aromatic N) is 1. The Morgan fingerprint density at radius 2 is 1.81 bits per heavy atom. The van der Waals surface area contributed by atoms with Crippen molar-refractivity contribution in [2.24, 2.45) is 5.41 Å². The quantitative estimate of drug-likeness (QED) is 0.770. The SMILES string of the molecule is COc1ccc(CNC(=O)CN2C(=O)CC3(CCCCC3)C2=O)cc1OC. The van der Waals surface area contributed by atoms with E-state index in [0.29, 0.717) is 11.5 Å². The predicted octanol–water partition coefficient (Wildman–Crippen LogP) is 2.03. The lowest BCUT2D eigenvalue weighted by Gasteiger charge is -2.30. The third-order valence-corrected chi connectivity index (χ3v) is 5.54. The van der Waals surface area contributed by atoms with Gasteiger partial charge in [0, 0.05) is 13.0 Å². The van der Waals surface area contributed by atoms with E-state index in [1.54, 1.807) is 26.4 Å². The van der Waals surface area contributed by atoms with Gasteiger partial charge in [0.05, 0.1) is 19.6 Å². The molecule has 2 aliphatic rings. The molecule has 0 radical (unpaired) electrons. The van der Waals surface area contributed by atoms with Crippen molar-refractivity contribution in [3.63, 3.8) is 0 Å². The summed E-state index contributed by atoms with van der Waals surface area (Å²) in [6.45, 7) is 0.0628. The summed E-state index contributed by atoms with van der Waals surface area (Å²) in [6.07, 6.45) is 4.79. The Hall–Kier alpha value is -2.57. The second-order valence-electron chi connectivity index (χ2n) is 7.27. The van der Waals surface area contributed by atoms with Gasteiger partial charge in [-0.3, -0.25) is 19.3 Å². The van der Waals surface area contributed by atoms with Crippen LogP contribution in [0.3, 0.4) is 0 Å². The minimum Gasteiger partial charge on any atom is -0.493 e. The maximum absolute atomic E-state index is 12.8. The van der Waals surface area contributed by atoms with E-state index in [1.165, 1.54) is 0 Å². The summed E-state index contributed by atoms with van der Waals surface area (Å²) in [5.74, 6) is 0.433. The highest BCUT2D eigenvalue weighted by molar-refractivity contribution is 6.08. The normalized spacial score (nSPS) is 18.7. The van der Waals surface area contributed by atoms with Crippen molar-refractivity contribution in [3.8, 4) is 11.5 Å². The van der Waals surface area contributed by atoms with Gasteiger partial charge in [0.25, 0.3) is 0 Å². The molecule has 1 aliphatic carbocycles. The van der Waals surface area contributed by atoms with Crippen LogP contribution in [-0.2, 0) is 20.9 Å². The highest BCUT2D eigenvalue weighted by Gasteiger charge is 2.51. The fraction of sp³-hybridized carbons (Fsp3) is 0.550. The minimum absolute atomic E-state index is 0.173. The van der Waals surface area contributed by atoms with Crippen LogP contribution in [-0.4, -0.2) is 43.4 Å². The van der Waals surface area contributed by atoms with E-state index >= 15 is 0 Å². The van der Waals surface area contributed by atoms with Crippen molar-refractivity contribution in [1.82, 2.24) is 10.2 Å². The number of carbonyl (C=O) groups excluding carboxylic acids is 3. The first-order valence-corrected chi connectivity index (χ1v) is 9.31. The lowest BCUT2D eigenvalue weighted by atomic mass is 9.73. The molecule has 1 aliphatic heterocycles. The number of imide groups is 1. The zero-order valence-corrected chi connectivity index (χ0v) is 15.9. The molecule has 7 heteroatoms. The molecule has 1 N–H and O–H groups in total. The van der Waals surface area contributed by atoms with E-state index in [1.807, 2.05) is 6.07 Å². The lowest BCUT2D eigenvalue weighted by molar-refractivity contribution is -0.145. The molecule has 0 atom stereocenters. The predicted molar refractivity (Wildman–Crippen MR) is 98.2 cm³/mol. The number of amides is 3. The van der Waals surface area contributed by atoms with Gasteiger partial charge in [0.1, 0.15) is 6.54 Å². The number of hydrogen-bond acceptors (Lipinski definition) is 5. The fourth-order valence-electron chi connectivity index (χ4n) is 4.03. The highest BCUT2D eigenvalue weighted by Crippen LogP contribution is 2.45. The topological polar surface area (TPSA) is 84.9 Å². The molecule has 146 valence electrons. The number of methoxy groups -OCH3 is 2. The van der Waals surface area contributed by atoms with Crippen LogP contribution in [0, 0.1) is 5.41 Å². The van der Waals surface area contributed by atoms with Crippen LogP contribution in [0.15, 0.2) is 18.2 Å². The third kappa shape index (κ3) is 3.91. The Labute approximate surface area is 159 Å². The summed E-state index contributed by atoms with van der Waals surface area (Å²) in [7, 11) is 3.11. The van der Waals surface area contributed by atoms with Crippen LogP contribution in [0.5, 0.6) is 11.5 Å². The Balaban J connectivity index is 1.58. The molecule has 1 aromatic rings. The Morgan fingerprint density at radius 1 is 1.11 bits per heavy atom. The Morgan fingerprint density at radius 3 is 2.48 bits per heavy atom. The number of rotatable bonds is 6. The number of benzene rings is 1. The first kappa shape index (κ1) is 19.2. The standard InChI is InChI=1S/C20H26N2O5/c1-26-15-7-6-14(10-16(15)27-2)12-21-17(23)13-22-18(24)11-20(19(22)25)8-4-3-5-9-20/h6-7,10H,3-5,8-9,11-13H2,1-2H3,(H,21,23). The zero-order chi connectivity index (χ0) is 19.4. The highest BCUT2D eigenvalue weighted by atomic mass is 16.5. The summed E-state index contributed by atoms with van der Waals surface area (Å²) in [4.78, 5) is 38.5. The second kappa shape index (κ2) is 7.98. The van der Waals surface area contributed by atoms with E-state index in [0.717, 1.165) is 42.6 Å². The molecule has 1 heterocycles. The molecule has 3 rings (SSSR count). The monoisotopic (exact) mass is 374 g/mol. The number of ether oxygens (including phenoxy) is 2. The molecule has 0 bridgehead atoms. The van der Waals surface area contributed by atoms with Gasteiger partial charge in [-0.15, -0.1) is 0 Å². The van der Waals surface area contributed by atoms with Crippen molar-refractivity contribution < 1.29 is 23.9 Å². The number of hydrogen-bond donors (Lipinski definition) is 1.